The maximum atomic E-state index is 6.58. The summed E-state index contributed by atoms with van der Waals surface area (Å²) < 4.78 is 0. The van der Waals surface area contributed by atoms with E-state index in [1.54, 1.807) is 0 Å². The van der Waals surface area contributed by atoms with Crippen LogP contribution in [0.5, 0.6) is 0 Å². The topological polar surface area (TPSA) is 25.8 Å². The van der Waals surface area contributed by atoms with Crippen LogP contribution < -0.4 is 0 Å². The first-order valence-corrected chi connectivity index (χ1v) is 6.79. The number of aryl methyl sites for hydroxylation is 1. The fourth-order valence-corrected chi connectivity index (χ4v) is 2.61. The number of nitrogens with zero attached hydrogens (tertiary/aromatic N) is 2. The molecule has 98 valence electrons. The van der Waals surface area contributed by atoms with E-state index in [-0.39, 0.29) is 0 Å². The third-order valence-electron chi connectivity index (χ3n) is 3.20. The van der Waals surface area contributed by atoms with Gasteiger partial charge in [0, 0.05) is 11.1 Å². The lowest BCUT2D eigenvalue weighted by Gasteiger charge is -2.11. The minimum Gasteiger partial charge on any atom is -0.155 e. The van der Waals surface area contributed by atoms with Crippen molar-refractivity contribution in [2.75, 3.05) is 0 Å². The first-order chi connectivity index (χ1) is 9.77. The molecule has 1 aromatic heterocycles. The lowest BCUT2D eigenvalue weighted by Crippen LogP contribution is -1.96. The molecule has 0 bridgehead atoms. The van der Waals surface area contributed by atoms with E-state index in [0.717, 1.165) is 28.1 Å². The summed E-state index contributed by atoms with van der Waals surface area (Å²) >= 11 is 6.58. The van der Waals surface area contributed by atoms with E-state index in [4.69, 9.17) is 11.6 Å². The predicted octanol–water partition coefficient (Wildman–Crippen LogP) is 4.77. The number of aromatic nitrogens is 2. The predicted molar refractivity (Wildman–Crippen MR) is 82.7 cm³/mol. The molecule has 0 aliphatic rings. The van der Waals surface area contributed by atoms with Gasteiger partial charge in [-0.2, -0.15) is 5.10 Å². The van der Waals surface area contributed by atoms with E-state index in [9.17, 15) is 0 Å². The van der Waals surface area contributed by atoms with Crippen LogP contribution in [0.2, 0.25) is 5.02 Å². The Morgan fingerprint density at radius 2 is 1.30 bits per heavy atom. The zero-order chi connectivity index (χ0) is 13.9. The summed E-state index contributed by atoms with van der Waals surface area (Å²) in [5.74, 6) is 0. The van der Waals surface area contributed by atoms with Gasteiger partial charge in [0.25, 0.3) is 0 Å². The van der Waals surface area contributed by atoms with Gasteiger partial charge in [0.15, 0.2) is 0 Å². The molecular formula is C17H13ClN2. The van der Waals surface area contributed by atoms with E-state index in [1.165, 1.54) is 0 Å². The van der Waals surface area contributed by atoms with Gasteiger partial charge in [-0.25, -0.2) is 0 Å². The Morgan fingerprint density at radius 1 is 0.750 bits per heavy atom. The number of hydrogen-bond acceptors (Lipinski definition) is 2. The van der Waals surface area contributed by atoms with Gasteiger partial charge in [0.1, 0.15) is 5.69 Å². The smallest absolute Gasteiger partial charge is 0.112 e. The highest BCUT2D eigenvalue weighted by atomic mass is 35.5. The summed E-state index contributed by atoms with van der Waals surface area (Å²) in [6.45, 7) is 1.93. The zero-order valence-electron chi connectivity index (χ0n) is 11.0. The van der Waals surface area contributed by atoms with Crippen LogP contribution in [-0.4, -0.2) is 10.2 Å². The Balaban J connectivity index is 2.22. The number of rotatable bonds is 2. The third-order valence-corrected chi connectivity index (χ3v) is 3.57. The highest BCUT2D eigenvalue weighted by Gasteiger charge is 2.15. The van der Waals surface area contributed by atoms with Gasteiger partial charge in [0.05, 0.1) is 10.7 Å². The Hall–Kier alpha value is -2.19. The standard InChI is InChI=1S/C17H13ClN2/c1-12-15(13-8-4-2-5-9-13)16(18)17(20-19-12)14-10-6-3-7-11-14/h2-11H,1H3. The molecule has 0 saturated heterocycles. The second-order valence-corrected chi connectivity index (χ2v) is 4.93. The zero-order valence-corrected chi connectivity index (χ0v) is 11.8. The molecule has 3 aromatic rings. The van der Waals surface area contributed by atoms with Crippen LogP contribution in [0.3, 0.4) is 0 Å². The minimum atomic E-state index is 0.648. The summed E-state index contributed by atoms with van der Waals surface area (Å²) in [5, 5.41) is 9.16. The van der Waals surface area contributed by atoms with Crippen molar-refractivity contribution in [3.63, 3.8) is 0 Å². The molecule has 1 heterocycles. The van der Waals surface area contributed by atoms with Gasteiger partial charge < -0.3 is 0 Å². The van der Waals surface area contributed by atoms with E-state index in [1.807, 2.05) is 67.6 Å². The molecule has 2 nitrogen and oxygen atoms in total. The lowest BCUT2D eigenvalue weighted by atomic mass is 10.0. The maximum Gasteiger partial charge on any atom is 0.112 e. The summed E-state index contributed by atoms with van der Waals surface area (Å²) in [4.78, 5) is 0. The summed E-state index contributed by atoms with van der Waals surface area (Å²) in [6.07, 6.45) is 0. The fraction of sp³-hybridized carbons (Fsp3) is 0.0588. The van der Waals surface area contributed by atoms with Crippen molar-refractivity contribution in [2.45, 2.75) is 6.92 Å². The van der Waals surface area contributed by atoms with Gasteiger partial charge in [-0.1, -0.05) is 72.3 Å². The number of halogens is 1. The molecule has 0 spiro atoms. The molecule has 0 atom stereocenters. The third kappa shape index (κ3) is 2.30. The molecule has 2 aromatic carbocycles. The molecule has 3 heteroatoms. The van der Waals surface area contributed by atoms with Crippen molar-refractivity contribution in [1.82, 2.24) is 10.2 Å². The fourth-order valence-electron chi connectivity index (χ4n) is 2.22. The van der Waals surface area contributed by atoms with Gasteiger partial charge in [-0.15, -0.1) is 5.10 Å². The van der Waals surface area contributed by atoms with Crippen molar-refractivity contribution in [3.8, 4) is 22.4 Å². The summed E-state index contributed by atoms with van der Waals surface area (Å²) in [7, 11) is 0. The van der Waals surface area contributed by atoms with Crippen molar-refractivity contribution in [3.05, 3.63) is 71.4 Å². The number of benzene rings is 2. The first kappa shape index (κ1) is 12.8. The first-order valence-electron chi connectivity index (χ1n) is 6.41. The van der Waals surface area contributed by atoms with E-state index in [0.29, 0.717) is 5.02 Å². The molecule has 0 saturated carbocycles. The van der Waals surface area contributed by atoms with E-state index >= 15 is 0 Å². The Labute approximate surface area is 123 Å². The van der Waals surface area contributed by atoms with Crippen molar-refractivity contribution < 1.29 is 0 Å². The molecule has 0 radical (unpaired) electrons. The Bertz CT molecular complexity index is 725. The quantitative estimate of drug-likeness (QED) is 0.675. The van der Waals surface area contributed by atoms with Crippen LogP contribution in [0.4, 0.5) is 0 Å². The summed E-state index contributed by atoms with van der Waals surface area (Å²) in [5.41, 5.74) is 4.53. The highest BCUT2D eigenvalue weighted by Crippen LogP contribution is 2.35. The molecule has 0 N–H and O–H groups in total. The van der Waals surface area contributed by atoms with E-state index in [2.05, 4.69) is 10.2 Å². The molecule has 0 aliphatic heterocycles. The Morgan fingerprint density at radius 3 is 1.90 bits per heavy atom. The molecular weight excluding hydrogens is 268 g/mol. The second kappa shape index (κ2) is 5.43. The molecule has 0 amide bonds. The van der Waals surface area contributed by atoms with Crippen LogP contribution in [0.15, 0.2) is 60.7 Å². The van der Waals surface area contributed by atoms with Crippen LogP contribution in [0, 0.1) is 6.92 Å². The second-order valence-electron chi connectivity index (χ2n) is 4.56. The maximum absolute atomic E-state index is 6.58. The molecule has 3 rings (SSSR count). The summed E-state index contributed by atoms with van der Waals surface area (Å²) in [6, 6.07) is 19.9. The largest absolute Gasteiger partial charge is 0.155 e. The number of hydrogen-bond donors (Lipinski definition) is 0. The lowest BCUT2D eigenvalue weighted by molar-refractivity contribution is 0.990. The minimum absolute atomic E-state index is 0.648. The van der Waals surface area contributed by atoms with Gasteiger partial charge in [-0.05, 0) is 12.5 Å². The molecule has 20 heavy (non-hydrogen) atoms. The average Bonchev–Trinajstić information content (AvgIpc) is 2.49. The van der Waals surface area contributed by atoms with Crippen molar-refractivity contribution >= 4 is 11.6 Å². The van der Waals surface area contributed by atoms with Crippen molar-refractivity contribution in [1.29, 1.82) is 0 Å². The highest BCUT2D eigenvalue weighted by molar-refractivity contribution is 6.35. The van der Waals surface area contributed by atoms with Crippen LogP contribution in [0.25, 0.3) is 22.4 Å². The average molecular weight is 281 g/mol. The van der Waals surface area contributed by atoms with Crippen LogP contribution >= 0.6 is 11.6 Å². The van der Waals surface area contributed by atoms with Gasteiger partial charge in [-0.3, -0.25) is 0 Å². The van der Waals surface area contributed by atoms with Gasteiger partial charge >= 0.3 is 0 Å². The van der Waals surface area contributed by atoms with Crippen molar-refractivity contribution in [2.24, 2.45) is 0 Å². The monoisotopic (exact) mass is 280 g/mol. The Kier molecular flexibility index (Phi) is 3.48. The normalized spacial score (nSPS) is 10.5. The molecule has 0 fully saturated rings. The molecule has 0 unspecified atom stereocenters. The van der Waals surface area contributed by atoms with Crippen LogP contribution in [0.1, 0.15) is 5.69 Å². The molecule has 0 aliphatic carbocycles. The van der Waals surface area contributed by atoms with E-state index < -0.39 is 0 Å². The SMILES string of the molecule is Cc1nnc(-c2ccccc2)c(Cl)c1-c1ccccc1. The van der Waals surface area contributed by atoms with Crippen LogP contribution in [-0.2, 0) is 0 Å². The van der Waals surface area contributed by atoms with Gasteiger partial charge in [0.2, 0.25) is 0 Å².